The molecule has 2 fully saturated rings. The summed E-state index contributed by atoms with van der Waals surface area (Å²) in [5.41, 5.74) is 1.16. The maximum absolute atomic E-state index is 12.1. The minimum Gasteiger partial charge on any atom is -0.373 e. The van der Waals surface area contributed by atoms with Crippen molar-refractivity contribution in [3.63, 3.8) is 0 Å². The third-order valence-electron chi connectivity index (χ3n) is 3.83. The quantitative estimate of drug-likeness (QED) is 0.867. The van der Waals surface area contributed by atoms with Crippen LogP contribution in [0, 0.1) is 6.92 Å². The molecule has 108 valence electrons. The van der Waals surface area contributed by atoms with E-state index in [4.69, 9.17) is 9.47 Å². The summed E-state index contributed by atoms with van der Waals surface area (Å²) in [4.78, 5) is 20.3. The molecule has 20 heavy (non-hydrogen) atoms. The number of ether oxygens (including phenoxy) is 2. The smallest absolute Gasteiger partial charge is 0.271 e. The van der Waals surface area contributed by atoms with E-state index in [0.29, 0.717) is 18.9 Å². The fraction of sp³-hybridized carbons (Fsp3) is 0.643. The number of carbonyl (C=O) groups is 1. The molecule has 0 aromatic carbocycles. The summed E-state index contributed by atoms with van der Waals surface area (Å²) in [6.07, 6.45) is 6.05. The van der Waals surface area contributed by atoms with Crippen molar-refractivity contribution in [3.05, 3.63) is 23.8 Å². The van der Waals surface area contributed by atoms with Gasteiger partial charge in [0.2, 0.25) is 0 Å². The van der Waals surface area contributed by atoms with Crippen molar-refractivity contribution in [2.75, 3.05) is 13.2 Å². The second-order valence-electron chi connectivity index (χ2n) is 5.34. The van der Waals surface area contributed by atoms with Gasteiger partial charge in [0.25, 0.3) is 5.91 Å². The lowest BCUT2D eigenvalue weighted by Crippen LogP contribution is -2.49. The van der Waals surface area contributed by atoms with Crippen LogP contribution < -0.4 is 5.32 Å². The molecule has 1 aliphatic heterocycles. The van der Waals surface area contributed by atoms with E-state index < -0.39 is 0 Å². The summed E-state index contributed by atoms with van der Waals surface area (Å²) in [5.74, 6) is -0.169. The highest BCUT2D eigenvalue weighted by atomic mass is 16.6. The maximum Gasteiger partial charge on any atom is 0.271 e. The Hall–Kier alpha value is -1.53. The van der Waals surface area contributed by atoms with Gasteiger partial charge in [-0.25, -0.2) is 4.98 Å². The van der Waals surface area contributed by atoms with Gasteiger partial charge in [0, 0.05) is 12.2 Å². The molecule has 1 saturated carbocycles. The lowest BCUT2D eigenvalue weighted by Gasteiger charge is -2.39. The minimum absolute atomic E-state index is 0.104. The van der Waals surface area contributed by atoms with Crippen LogP contribution in [-0.2, 0) is 9.47 Å². The lowest BCUT2D eigenvalue weighted by atomic mass is 9.89. The van der Waals surface area contributed by atoms with E-state index in [-0.39, 0.29) is 24.2 Å². The summed E-state index contributed by atoms with van der Waals surface area (Å²) in [5, 5.41) is 3.01. The highest BCUT2D eigenvalue weighted by Crippen LogP contribution is 2.26. The molecular formula is C14H19N3O3. The Labute approximate surface area is 117 Å². The van der Waals surface area contributed by atoms with Crippen molar-refractivity contribution in [2.24, 2.45) is 0 Å². The molecule has 0 bridgehead atoms. The molecule has 2 heterocycles. The van der Waals surface area contributed by atoms with Gasteiger partial charge in [-0.15, -0.1) is 0 Å². The average molecular weight is 277 g/mol. The van der Waals surface area contributed by atoms with Crippen LogP contribution in [-0.4, -0.2) is 47.3 Å². The molecule has 1 aromatic heterocycles. The van der Waals surface area contributed by atoms with Crippen LogP contribution in [0.3, 0.4) is 0 Å². The van der Waals surface area contributed by atoms with E-state index in [1.165, 1.54) is 6.20 Å². The number of hydrogen-bond donors (Lipinski definition) is 1. The van der Waals surface area contributed by atoms with Gasteiger partial charge >= 0.3 is 0 Å². The number of fused-ring (bicyclic) bond motifs is 1. The zero-order chi connectivity index (χ0) is 13.9. The number of nitrogens with zero attached hydrogens (tertiary/aromatic N) is 2. The summed E-state index contributed by atoms with van der Waals surface area (Å²) in [6, 6.07) is 0.119. The molecule has 1 aromatic rings. The zero-order valence-corrected chi connectivity index (χ0v) is 11.5. The number of nitrogens with one attached hydrogen (secondary N) is 1. The van der Waals surface area contributed by atoms with E-state index in [1.54, 1.807) is 6.20 Å². The summed E-state index contributed by atoms with van der Waals surface area (Å²) in [6.45, 7) is 3.17. The van der Waals surface area contributed by atoms with E-state index >= 15 is 0 Å². The van der Waals surface area contributed by atoms with Gasteiger partial charge in [-0.05, 0) is 26.2 Å². The first-order valence-corrected chi connectivity index (χ1v) is 7.05. The number of rotatable bonds is 2. The minimum atomic E-state index is -0.169. The van der Waals surface area contributed by atoms with E-state index in [1.807, 2.05) is 6.92 Å². The Morgan fingerprint density at radius 2 is 2.00 bits per heavy atom. The van der Waals surface area contributed by atoms with Crippen LogP contribution in [0.25, 0.3) is 0 Å². The standard InChI is InChI=1S/C14H19N3O3/c1-9-7-16-11(8-15-9)14(18)17-10-2-3-12-13(6-10)20-5-4-19-12/h7-8,10,12-13H,2-6H2,1H3,(H,17,18)/t10-,12-,13-/m1/s1. The molecule has 1 aliphatic carbocycles. The predicted molar refractivity (Wildman–Crippen MR) is 71.4 cm³/mol. The zero-order valence-electron chi connectivity index (χ0n) is 11.5. The van der Waals surface area contributed by atoms with Gasteiger partial charge in [-0.3, -0.25) is 9.78 Å². The highest BCUT2D eigenvalue weighted by Gasteiger charge is 2.34. The Kier molecular flexibility index (Phi) is 3.93. The van der Waals surface area contributed by atoms with Crippen LogP contribution in [0.15, 0.2) is 12.4 Å². The molecule has 1 saturated heterocycles. The van der Waals surface area contributed by atoms with Crippen molar-refractivity contribution in [3.8, 4) is 0 Å². The summed E-state index contributed by atoms with van der Waals surface area (Å²) in [7, 11) is 0. The lowest BCUT2D eigenvalue weighted by molar-refractivity contribution is -0.157. The van der Waals surface area contributed by atoms with Crippen molar-refractivity contribution in [1.29, 1.82) is 0 Å². The molecule has 3 rings (SSSR count). The summed E-state index contributed by atoms with van der Waals surface area (Å²) >= 11 is 0. The molecule has 6 nitrogen and oxygen atoms in total. The Morgan fingerprint density at radius 3 is 2.75 bits per heavy atom. The van der Waals surface area contributed by atoms with Crippen LogP contribution in [0.5, 0.6) is 0 Å². The third kappa shape index (κ3) is 2.96. The van der Waals surface area contributed by atoms with Crippen LogP contribution in [0.2, 0.25) is 0 Å². The molecule has 0 unspecified atom stereocenters. The third-order valence-corrected chi connectivity index (χ3v) is 3.83. The normalized spacial score (nSPS) is 29.6. The number of amides is 1. The fourth-order valence-electron chi connectivity index (χ4n) is 2.77. The largest absolute Gasteiger partial charge is 0.373 e. The number of carbonyl (C=O) groups excluding carboxylic acids is 1. The fourth-order valence-corrected chi connectivity index (χ4v) is 2.77. The molecule has 0 radical (unpaired) electrons. The van der Waals surface area contributed by atoms with Crippen molar-refractivity contribution in [2.45, 2.75) is 44.4 Å². The van der Waals surface area contributed by atoms with Crippen LogP contribution >= 0.6 is 0 Å². The van der Waals surface area contributed by atoms with Gasteiger partial charge in [0.05, 0.1) is 37.3 Å². The van der Waals surface area contributed by atoms with Crippen LogP contribution in [0.4, 0.5) is 0 Å². The van der Waals surface area contributed by atoms with Crippen molar-refractivity contribution < 1.29 is 14.3 Å². The second-order valence-corrected chi connectivity index (χ2v) is 5.34. The molecule has 1 amide bonds. The number of aryl methyl sites for hydroxylation is 1. The van der Waals surface area contributed by atoms with Crippen molar-refractivity contribution in [1.82, 2.24) is 15.3 Å². The Morgan fingerprint density at radius 1 is 1.20 bits per heavy atom. The van der Waals surface area contributed by atoms with E-state index in [0.717, 1.165) is 25.0 Å². The number of aromatic nitrogens is 2. The van der Waals surface area contributed by atoms with Crippen molar-refractivity contribution >= 4 is 5.91 Å². The highest BCUT2D eigenvalue weighted by molar-refractivity contribution is 5.92. The number of hydrogen-bond acceptors (Lipinski definition) is 5. The first-order chi connectivity index (χ1) is 9.72. The van der Waals surface area contributed by atoms with Gasteiger partial charge in [-0.2, -0.15) is 0 Å². The first-order valence-electron chi connectivity index (χ1n) is 7.05. The van der Waals surface area contributed by atoms with E-state index in [2.05, 4.69) is 15.3 Å². The molecule has 3 atom stereocenters. The van der Waals surface area contributed by atoms with Gasteiger partial charge in [0.15, 0.2) is 0 Å². The SMILES string of the molecule is Cc1cnc(C(=O)N[C@@H]2CC[C@H]3OCCO[C@@H]3C2)cn1. The van der Waals surface area contributed by atoms with Gasteiger partial charge in [0.1, 0.15) is 5.69 Å². The Balaban J connectivity index is 1.58. The molecule has 6 heteroatoms. The van der Waals surface area contributed by atoms with Gasteiger partial charge in [-0.1, -0.05) is 0 Å². The molecular weight excluding hydrogens is 258 g/mol. The predicted octanol–water partition coefficient (Wildman–Crippen LogP) is 0.851. The molecule has 1 N–H and O–H groups in total. The Bertz CT molecular complexity index is 477. The maximum atomic E-state index is 12.1. The topological polar surface area (TPSA) is 73.3 Å². The van der Waals surface area contributed by atoms with Gasteiger partial charge < -0.3 is 14.8 Å². The molecule has 0 spiro atoms. The second kappa shape index (κ2) is 5.85. The average Bonchev–Trinajstić information content (AvgIpc) is 2.48. The monoisotopic (exact) mass is 277 g/mol. The first kappa shape index (κ1) is 13.5. The van der Waals surface area contributed by atoms with E-state index in [9.17, 15) is 4.79 Å². The summed E-state index contributed by atoms with van der Waals surface area (Å²) < 4.78 is 11.4. The molecule has 2 aliphatic rings. The van der Waals surface area contributed by atoms with Crippen LogP contribution in [0.1, 0.15) is 35.4 Å².